The standard InChI is InChI=1S/C16H33N3O/c1-7-17-12(2)14-9-8-10-19(11-14)13(3)15(20)18-16(4,5)6/h12-14,17H,7-11H2,1-6H3,(H,18,20). The summed E-state index contributed by atoms with van der Waals surface area (Å²) in [4.78, 5) is 14.6. The van der Waals surface area contributed by atoms with Crippen molar-refractivity contribution in [2.24, 2.45) is 5.92 Å². The molecule has 118 valence electrons. The summed E-state index contributed by atoms with van der Waals surface area (Å²) < 4.78 is 0. The molecule has 1 aliphatic rings. The Morgan fingerprint density at radius 3 is 2.55 bits per heavy atom. The number of hydrogen-bond donors (Lipinski definition) is 2. The van der Waals surface area contributed by atoms with E-state index in [-0.39, 0.29) is 17.5 Å². The topological polar surface area (TPSA) is 44.4 Å². The highest BCUT2D eigenvalue weighted by molar-refractivity contribution is 5.81. The first kappa shape index (κ1) is 17.4. The molecule has 1 aliphatic heterocycles. The lowest BCUT2D eigenvalue weighted by Crippen LogP contribution is -2.54. The predicted octanol–water partition coefficient (Wildman–Crippen LogP) is 2.00. The predicted molar refractivity (Wildman–Crippen MR) is 84.8 cm³/mol. The van der Waals surface area contributed by atoms with Gasteiger partial charge < -0.3 is 10.6 Å². The Kier molecular flexibility index (Phi) is 6.46. The van der Waals surface area contributed by atoms with E-state index in [1.165, 1.54) is 12.8 Å². The molecule has 0 aromatic heterocycles. The van der Waals surface area contributed by atoms with Gasteiger partial charge in [0.1, 0.15) is 0 Å². The average molecular weight is 283 g/mol. The van der Waals surface area contributed by atoms with Crippen LogP contribution in [0.4, 0.5) is 0 Å². The van der Waals surface area contributed by atoms with Gasteiger partial charge in [0.05, 0.1) is 6.04 Å². The van der Waals surface area contributed by atoms with Gasteiger partial charge in [-0.25, -0.2) is 0 Å². The van der Waals surface area contributed by atoms with E-state index in [4.69, 9.17) is 0 Å². The van der Waals surface area contributed by atoms with E-state index < -0.39 is 0 Å². The summed E-state index contributed by atoms with van der Waals surface area (Å²) in [7, 11) is 0. The summed E-state index contributed by atoms with van der Waals surface area (Å²) >= 11 is 0. The summed E-state index contributed by atoms with van der Waals surface area (Å²) in [5.41, 5.74) is -0.155. The van der Waals surface area contributed by atoms with Crippen molar-refractivity contribution in [2.45, 2.75) is 72.0 Å². The first-order valence-corrected chi connectivity index (χ1v) is 8.04. The number of rotatable bonds is 5. The number of carbonyl (C=O) groups excluding carboxylic acids is 1. The molecule has 0 saturated carbocycles. The SMILES string of the molecule is CCNC(C)C1CCCN(C(C)C(=O)NC(C)(C)C)C1. The molecule has 0 spiro atoms. The number of nitrogens with one attached hydrogen (secondary N) is 2. The van der Waals surface area contributed by atoms with E-state index >= 15 is 0 Å². The molecule has 3 atom stereocenters. The second-order valence-electron chi connectivity index (χ2n) is 7.16. The Bertz CT molecular complexity index is 311. The first-order valence-electron chi connectivity index (χ1n) is 8.04. The van der Waals surface area contributed by atoms with Gasteiger partial charge in [-0.15, -0.1) is 0 Å². The second kappa shape index (κ2) is 7.41. The van der Waals surface area contributed by atoms with Crippen molar-refractivity contribution in [2.75, 3.05) is 19.6 Å². The summed E-state index contributed by atoms with van der Waals surface area (Å²) in [6.45, 7) is 15.6. The van der Waals surface area contributed by atoms with Crippen molar-refractivity contribution in [3.63, 3.8) is 0 Å². The first-order chi connectivity index (χ1) is 9.24. The molecule has 4 heteroatoms. The van der Waals surface area contributed by atoms with Gasteiger partial charge >= 0.3 is 0 Å². The van der Waals surface area contributed by atoms with Gasteiger partial charge in [-0.2, -0.15) is 0 Å². The lowest BCUT2D eigenvalue weighted by Gasteiger charge is -2.39. The zero-order valence-corrected chi connectivity index (χ0v) is 14.1. The third-order valence-electron chi connectivity index (χ3n) is 4.15. The molecule has 1 heterocycles. The number of likely N-dealkylation sites (tertiary alicyclic amines) is 1. The monoisotopic (exact) mass is 283 g/mol. The van der Waals surface area contributed by atoms with Crippen LogP contribution < -0.4 is 10.6 Å². The number of carbonyl (C=O) groups is 1. The number of amides is 1. The average Bonchev–Trinajstić information content (AvgIpc) is 2.36. The van der Waals surface area contributed by atoms with E-state index in [0.717, 1.165) is 19.6 Å². The molecule has 20 heavy (non-hydrogen) atoms. The van der Waals surface area contributed by atoms with E-state index in [9.17, 15) is 4.79 Å². The van der Waals surface area contributed by atoms with Crippen molar-refractivity contribution in [3.8, 4) is 0 Å². The zero-order chi connectivity index (χ0) is 15.3. The van der Waals surface area contributed by atoms with Crippen molar-refractivity contribution < 1.29 is 4.79 Å². The van der Waals surface area contributed by atoms with E-state index in [1.54, 1.807) is 0 Å². The van der Waals surface area contributed by atoms with Crippen LogP contribution in [0.5, 0.6) is 0 Å². The van der Waals surface area contributed by atoms with Crippen LogP contribution in [0.15, 0.2) is 0 Å². The summed E-state index contributed by atoms with van der Waals surface area (Å²) in [6.07, 6.45) is 2.45. The van der Waals surface area contributed by atoms with E-state index in [0.29, 0.717) is 12.0 Å². The molecule has 1 rings (SSSR count). The Morgan fingerprint density at radius 1 is 1.35 bits per heavy atom. The molecule has 4 nitrogen and oxygen atoms in total. The molecule has 0 aliphatic carbocycles. The van der Waals surface area contributed by atoms with Crippen LogP contribution in [-0.2, 0) is 4.79 Å². The molecule has 0 aromatic carbocycles. The lowest BCUT2D eigenvalue weighted by atomic mass is 9.90. The van der Waals surface area contributed by atoms with Gasteiger partial charge in [0.15, 0.2) is 0 Å². The highest BCUT2D eigenvalue weighted by Gasteiger charge is 2.30. The van der Waals surface area contributed by atoms with Crippen molar-refractivity contribution in [1.29, 1.82) is 0 Å². The van der Waals surface area contributed by atoms with Crippen LogP contribution in [0, 0.1) is 5.92 Å². The summed E-state index contributed by atoms with van der Waals surface area (Å²) in [6, 6.07) is 0.492. The maximum atomic E-state index is 12.3. The lowest BCUT2D eigenvalue weighted by molar-refractivity contribution is -0.128. The van der Waals surface area contributed by atoms with Gasteiger partial charge in [0.2, 0.25) is 5.91 Å². The highest BCUT2D eigenvalue weighted by atomic mass is 16.2. The summed E-state index contributed by atoms with van der Waals surface area (Å²) in [5.74, 6) is 0.794. The van der Waals surface area contributed by atoms with Gasteiger partial charge in [-0.3, -0.25) is 9.69 Å². The van der Waals surface area contributed by atoms with E-state index in [1.807, 2.05) is 27.7 Å². The van der Waals surface area contributed by atoms with Crippen molar-refractivity contribution >= 4 is 5.91 Å². The Morgan fingerprint density at radius 2 is 2.00 bits per heavy atom. The van der Waals surface area contributed by atoms with Gasteiger partial charge in [0, 0.05) is 18.1 Å². The molecule has 0 radical (unpaired) electrons. The molecule has 0 aromatic rings. The van der Waals surface area contributed by atoms with Crippen molar-refractivity contribution in [1.82, 2.24) is 15.5 Å². The molecule has 2 N–H and O–H groups in total. The van der Waals surface area contributed by atoms with Crippen LogP contribution in [0.1, 0.15) is 54.4 Å². The van der Waals surface area contributed by atoms with Crippen LogP contribution in [-0.4, -0.2) is 48.1 Å². The minimum atomic E-state index is -0.155. The molecular formula is C16H33N3O. The summed E-state index contributed by atoms with van der Waals surface area (Å²) in [5, 5.41) is 6.60. The van der Waals surface area contributed by atoms with Crippen molar-refractivity contribution in [3.05, 3.63) is 0 Å². The van der Waals surface area contributed by atoms with E-state index in [2.05, 4.69) is 29.4 Å². The fourth-order valence-corrected chi connectivity index (χ4v) is 2.93. The maximum Gasteiger partial charge on any atom is 0.237 e. The normalized spacial score (nSPS) is 24.2. The minimum Gasteiger partial charge on any atom is -0.350 e. The Labute approximate surface area is 124 Å². The van der Waals surface area contributed by atoms with Gasteiger partial charge in [0.25, 0.3) is 0 Å². The fourth-order valence-electron chi connectivity index (χ4n) is 2.93. The van der Waals surface area contributed by atoms with Crippen LogP contribution in [0.2, 0.25) is 0 Å². The largest absolute Gasteiger partial charge is 0.350 e. The maximum absolute atomic E-state index is 12.3. The quantitative estimate of drug-likeness (QED) is 0.811. The van der Waals surface area contributed by atoms with Crippen LogP contribution in [0.3, 0.4) is 0 Å². The Balaban J connectivity index is 2.55. The zero-order valence-electron chi connectivity index (χ0n) is 14.1. The van der Waals surface area contributed by atoms with Crippen LogP contribution >= 0.6 is 0 Å². The highest BCUT2D eigenvalue weighted by Crippen LogP contribution is 2.21. The molecule has 3 unspecified atom stereocenters. The molecule has 1 fully saturated rings. The second-order valence-corrected chi connectivity index (χ2v) is 7.16. The molecular weight excluding hydrogens is 250 g/mol. The molecule has 1 saturated heterocycles. The molecule has 0 bridgehead atoms. The Hall–Kier alpha value is -0.610. The smallest absolute Gasteiger partial charge is 0.237 e. The van der Waals surface area contributed by atoms with Gasteiger partial charge in [-0.05, 0) is 66.5 Å². The number of piperidine rings is 1. The third-order valence-corrected chi connectivity index (χ3v) is 4.15. The van der Waals surface area contributed by atoms with Gasteiger partial charge in [-0.1, -0.05) is 6.92 Å². The number of nitrogens with zero attached hydrogens (tertiary/aromatic N) is 1. The third kappa shape index (κ3) is 5.41. The molecule has 1 amide bonds. The van der Waals surface area contributed by atoms with Crippen LogP contribution in [0.25, 0.3) is 0 Å². The number of hydrogen-bond acceptors (Lipinski definition) is 3. The minimum absolute atomic E-state index is 0.0362. The fraction of sp³-hybridized carbons (Fsp3) is 0.938.